The third kappa shape index (κ3) is 2.79. The molecule has 2 N–H and O–H groups in total. The number of aromatic nitrogens is 1. The molecule has 0 unspecified atom stereocenters. The van der Waals surface area contributed by atoms with E-state index in [0.717, 1.165) is 30.5 Å². The number of hydrogen-bond acceptors (Lipinski definition) is 4. The van der Waals surface area contributed by atoms with Gasteiger partial charge in [-0.1, -0.05) is 0 Å². The minimum atomic E-state index is -0.934. The number of aromatic carboxylic acids is 1. The number of aryl methyl sites for hydroxylation is 2. The molecule has 0 saturated carbocycles. The van der Waals surface area contributed by atoms with Crippen LogP contribution in [-0.4, -0.2) is 35.8 Å². The highest BCUT2D eigenvalue weighted by molar-refractivity contribution is 5.93. The molecule has 0 amide bonds. The molecule has 1 heterocycles. The molecule has 0 saturated heterocycles. The van der Waals surface area contributed by atoms with Gasteiger partial charge in [0.2, 0.25) is 0 Å². The second-order valence-electron chi connectivity index (χ2n) is 4.27. The first-order valence-corrected chi connectivity index (χ1v) is 6.30. The van der Waals surface area contributed by atoms with Crippen LogP contribution in [0.4, 0.5) is 5.82 Å². The van der Waals surface area contributed by atoms with E-state index in [0.29, 0.717) is 25.6 Å². The first kappa shape index (κ1) is 12.8. The van der Waals surface area contributed by atoms with Crippen LogP contribution in [0.1, 0.15) is 35.0 Å². The van der Waals surface area contributed by atoms with Crippen molar-refractivity contribution in [1.82, 2.24) is 4.98 Å². The van der Waals surface area contributed by atoms with E-state index in [1.807, 2.05) is 6.92 Å². The lowest BCUT2D eigenvalue weighted by molar-refractivity contribution is 0.0697. The lowest BCUT2D eigenvalue weighted by atomic mass is 10.1. The van der Waals surface area contributed by atoms with Crippen molar-refractivity contribution in [3.8, 4) is 0 Å². The van der Waals surface area contributed by atoms with Crippen molar-refractivity contribution in [3.63, 3.8) is 0 Å². The number of nitrogens with zero attached hydrogens (tertiary/aromatic N) is 1. The molecule has 0 atom stereocenters. The van der Waals surface area contributed by atoms with Crippen LogP contribution in [0.5, 0.6) is 0 Å². The van der Waals surface area contributed by atoms with Gasteiger partial charge in [-0.05, 0) is 37.8 Å². The summed E-state index contributed by atoms with van der Waals surface area (Å²) < 4.78 is 5.21. The van der Waals surface area contributed by atoms with E-state index in [-0.39, 0.29) is 5.56 Å². The Labute approximate surface area is 106 Å². The molecule has 2 rings (SSSR count). The Morgan fingerprint density at radius 2 is 2.39 bits per heavy atom. The predicted octanol–water partition coefficient (Wildman–Crippen LogP) is 1.72. The molecule has 1 aliphatic carbocycles. The summed E-state index contributed by atoms with van der Waals surface area (Å²) in [7, 11) is 0. The maximum absolute atomic E-state index is 11.2. The summed E-state index contributed by atoms with van der Waals surface area (Å²) in [4.78, 5) is 15.6. The fourth-order valence-corrected chi connectivity index (χ4v) is 2.16. The molecule has 5 heteroatoms. The van der Waals surface area contributed by atoms with Crippen LogP contribution in [0.15, 0.2) is 6.07 Å². The molecule has 0 spiro atoms. The molecule has 1 aliphatic rings. The normalized spacial score (nSPS) is 13.4. The van der Waals surface area contributed by atoms with Crippen molar-refractivity contribution in [1.29, 1.82) is 0 Å². The summed E-state index contributed by atoms with van der Waals surface area (Å²) in [5.41, 5.74) is 2.36. The van der Waals surface area contributed by atoms with Crippen LogP contribution in [0, 0.1) is 0 Å². The van der Waals surface area contributed by atoms with Crippen LogP contribution in [0.3, 0.4) is 0 Å². The van der Waals surface area contributed by atoms with E-state index in [2.05, 4.69) is 10.3 Å². The van der Waals surface area contributed by atoms with Gasteiger partial charge in [-0.25, -0.2) is 9.78 Å². The van der Waals surface area contributed by atoms with Gasteiger partial charge in [0.15, 0.2) is 0 Å². The summed E-state index contributed by atoms with van der Waals surface area (Å²) >= 11 is 0. The number of pyridine rings is 1. The van der Waals surface area contributed by atoms with Crippen molar-refractivity contribution < 1.29 is 14.6 Å². The highest BCUT2D eigenvalue weighted by Gasteiger charge is 2.19. The minimum Gasteiger partial charge on any atom is -0.478 e. The zero-order valence-corrected chi connectivity index (χ0v) is 10.5. The monoisotopic (exact) mass is 250 g/mol. The van der Waals surface area contributed by atoms with E-state index in [4.69, 9.17) is 4.74 Å². The van der Waals surface area contributed by atoms with E-state index >= 15 is 0 Å². The Balaban J connectivity index is 2.14. The number of ether oxygens (including phenoxy) is 1. The Bertz CT molecular complexity index is 446. The van der Waals surface area contributed by atoms with Gasteiger partial charge in [-0.15, -0.1) is 0 Å². The quantitative estimate of drug-likeness (QED) is 0.752. The van der Waals surface area contributed by atoms with Gasteiger partial charge in [0.25, 0.3) is 0 Å². The Hall–Kier alpha value is -1.62. The Morgan fingerprint density at radius 3 is 3.11 bits per heavy atom. The topological polar surface area (TPSA) is 71.5 Å². The second-order valence-corrected chi connectivity index (χ2v) is 4.27. The lowest BCUT2D eigenvalue weighted by Crippen LogP contribution is -2.14. The van der Waals surface area contributed by atoms with Gasteiger partial charge in [-0.3, -0.25) is 0 Å². The van der Waals surface area contributed by atoms with Crippen LogP contribution in [0.2, 0.25) is 0 Å². The zero-order chi connectivity index (χ0) is 13.0. The minimum absolute atomic E-state index is 0.257. The third-order valence-electron chi connectivity index (χ3n) is 3.02. The molecule has 0 bridgehead atoms. The summed E-state index contributed by atoms with van der Waals surface area (Å²) in [6.07, 6.45) is 2.93. The second kappa shape index (κ2) is 5.82. The third-order valence-corrected chi connectivity index (χ3v) is 3.02. The fourth-order valence-electron chi connectivity index (χ4n) is 2.16. The van der Waals surface area contributed by atoms with Crippen molar-refractivity contribution in [2.45, 2.75) is 26.2 Å². The molecule has 0 radical (unpaired) electrons. The Kier molecular flexibility index (Phi) is 4.15. The number of rotatable bonds is 6. The Morgan fingerprint density at radius 1 is 1.56 bits per heavy atom. The average Bonchev–Trinajstić information content (AvgIpc) is 2.80. The number of fused-ring (bicyclic) bond motifs is 1. The molecule has 1 aromatic rings. The molecular weight excluding hydrogens is 232 g/mol. The number of anilines is 1. The van der Waals surface area contributed by atoms with Crippen molar-refractivity contribution in [2.24, 2.45) is 0 Å². The standard InChI is InChI=1S/C13H18N2O3/c1-2-18-7-6-14-12-10(13(16)17)8-9-4-3-5-11(9)15-12/h8H,2-7H2,1H3,(H,14,15)(H,16,17). The van der Waals surface area contributed by atoms with Gasteiger partial charge in [0.1, 0.15) is 11.4 Å². The van der Waals surface area contributed by atoms with E-state index in [9.17, 15) is 9.90 Å². The zero-order valence-electron chi connectivity index (χ0n) is 10.5. The number of carboxylic acid groups (broad SMARTS) is 1. The van der Waals surface area contributed by atoms with Crippen LogP contribution in [0.25, 0.3) is 0 Å². The maximum Gasteiger partial charge on any atom is 0.339 e. The molecule has 5 nitrogen and oxygen atoms in total. The van der Waals surface area contributed by atoms with Gasteiger partial charge in [0, 0.05) is 18.8 Å². The van der Waals surface area contributed by atoms with Crippen molar-refractivity contribution in [2.75, 3.05) is 25.1 Å². The summed E-state index contributed by atoms with van der Waals surface area (Å²) in [6.45, 7) is 3.70. The highest BCUT2D eigenvalue weighted by Crippen LogP contribution is 2.25. The summed E-state index contributed by atoms with van der Waals surface area (Å²) in [5, 5.41) is 12.2. The average molecular weight is 250 g/mol. The number of carboxylic acids is 1. The summed E-state index contributed by atoms with van der Waals surface area (Å²) in [5.74, 6) is -0.473. The van der Waals surface area contributed by atoms with Crippen LogP contribution >= 0.6 is 0 Å². The molecule has 98 valence electrons. The maximum atomic E-state index is 11.2. The molecule has 18 heavy (non-hydrogen) atoms. The largest absolute Gasteiger partial charge is 0.478 e. The summed E-state index contributed by atoms with van der Waals surface area (Å²) in [6, 6.07) is 1.75. The fraction of sp³-hybridized carbons (Fsp3) is 0.538. The van der Waals surface area contributed by atoms with Crippen molar-refractivity contribution >= 4 is 11.8 Å². The molecule has 0 aliphatic heterocycles. The molecule has 0 aromatic carbocycles. The van der Waals surface area contributed by atoms with Gasteiger partial charge in [-0.2, -0.15) is 0 Å². The number of nitrogens with one attached hydrogen (secondary N) is 1. The van der Waals surface area contributed by atoms with E-state index < -0.39 is 5.97 Å². The molecule has 0 fully saturated rings. The number of carbonyl (C=O) groups is 1. The van der Waals surface area contributed by atoms with E-state index in [1.54, 1.807) is 6.07 Å². The molecule has 1 aromatic heterocycles. The number of hydrogen-bond donors (Lipinski definition) is 2. The van der Waals surface area contributed by atoms with Gasteiger partial charge >= 0.3 is 5.97 Å². The first-order chi connectivity index (χ1) is 8.72. The van der Waals surface area contributed by atoms with Crippen molar-refractivity contribution in [3.05, 3.63) is 22.9 Å². The first-order valence-electron chi connectivity index (χ1n) is 6.30. The van der Waals surface area contributed by atoms with Crippen LogP contribution in [-0.2, 0) is 17.6 Å². The van der Waals surface area contributed by atoms with Gasteiger partial charge in [0.05, 0.1) is 6.61 Å². The highest BCUT2D eigenvalue weighted by atomic mass is 16.5. The smallest absolute Gasteiger partial charge is 0.339 e. The van der Waals surface area contributed by atoms with Crippen LogP contribution < -0.4 is 5.32 Å². The SMILES string of the molecule is CCOCCNc1nc2c(cc1C(=O)O)CCC2. The van der Waals surface area contributed by atoms with Gasteiger partial charge < -0.3 is 15.2 Å². The van der Waals surface area contributed by atoms with E-state index in [1.165, 1.54) is 0 Å². The predicted molar refractivity (Wildman–Crippen MR) is 68.2 cm³/mol. The lowest BCUT2D eigenvalue weighted by Gasteiger charge is -2.11. The molecular formula is C13H18N2O3.